The van der Waals surface area contributed by atoms with E-state index in [0.717, 1.165) is 14.0 Å². The summed E-state index contributed by atoms with van der Waals surface area (Å²) in [6.07, 6.45) is 1.53. The van der Waals surface area contributed by atoms with Crippen molar-refractivity contribution in [2.24, 2.45) is 0 Å². The molecule has 3 aromatic carbocycles. The summed E-state index contributed by atoms with van der Waals surface area (Å²) in [6, 6.07) is 17.0. The van der Waals surface area contributed by atoms with Crippen LogP contribution < -0.4 is 24.8 Å². The molecule has 0 unspecified atom stereocenters. The first-order valence-corrected chi connectivity index (χ1v) is 13.4. The summed E-state index contributed by atoms with van der Waals surface area (Å²) in [7, 11) is 1.48. The van der Waals surface area contributed by atoms with Crippen LogP contribution in [0.4, 0.5) is 10.5 Å². The summed E-state index contributed by atoms with van der Waals surface area (Å²) in [4.78, 5) is 38.9. The highest BCUT2D eigenvalue weighted by molar-refractivity contribution is 14.1. The van der Waals surface area contributed by atoms with Crippen molar-refractivity contribution in [1.29, 1.82) is 0 Å². The monoisotopic (exact) mass is 661 g/mol. The minimum absolute atomic E-state index is 0.0400. The third-order valence-corrected chi connectivity index (χ3v) is 6.64. The number of urea groups is 1. The number of anilines is 1. The van der Waals surface area contributed by atoms with Gasteiger partial charge in [0.15, 0.2) is 11.5 Å². The maximum atomic E-state index is 13.0. The number of carbonyl (C=O) groups excluding carboxylic acids is 3. The molecule has 39 heavy (non-hydrogen) atoms. The van der Waals surface area contributed by atoms with Gasteiger partial charge in [-0.05, 0) is 83.1 Å². The molecule has 0 atom stereocenters. The van der Waals surface area contributed by atoms with Crippen LogP contribution in [0.3, 0.4) is 0 Å². The lowest BCUT2D eigenvalue weighted by atomic mass is 10.1. The maximum absolute atomic E-state index is 13.0. The van der Waals surface area contributed by atoms with Gasteiger partial charge in [0.1, 0.15) is 24.6 Å². The van der Waals surface area contributed by atoms with Gasteiger partial charge >= 0.3 is 6.03 Å². The molecule has 2 N–H and O–H groups in total. The molecule has 4 rings (SSSR count). The Hall–Kier alpha value is -3.77. The van der Waals surface area contributed by atoms with Crippen LogP contribution in [-0.4, -0.2) is 43.0 Å². The normalized spacial score (nSPS) is 13.8. The summed E-state index contributed by atoms with van der Waals surface area (Å²) >= 11 is 8.09. The van der Waals surface area contributed by atoms with Crippen molar-refractivity contribution < 1.29 is 28.6 Å². The summed E-state index contributed by atoms with van der Waals surface area (Å²) in [5.41, 5.74) is 2.03. The topological polar surface area (TPSA) is 106 Å². The van der Waals surface area contributed by atoms with E-state index in [-0.39, 0.29) is 5.70 Å². The van der Waals surface area contributed by atoms with Crippen LogP contribution in [-0.2, 0) is 16.2 Å². The Morgan fingerprint density at radius 2 is 1.82 bits per heavy atom. The van der Waals surface area contributed by atoms with E-state index in [1.807, 2.05) is 25.1 Å². The largest absolute Gasteiger partial charge is 0.495 e. The number of halogens is 2. The van der Waals surface area contributed by atoms with Gasteiger partial charge in [-0.3, -0.25) is 9.59 Å². The number of imide groups is 1. The molecule has 0 saturated carbocycles. The lowest BCUT2D eigenvalue weighted by Gasteiger charge is -2.15. The van der Waals surface area contributed by atoms with Gasteiger partial charge in [0.2, 0.25) is 5.91 Å². The number of hydrogen-bond donors (Lipinski definition) is 2. The molecule has 1 fully saturated rings. The van der Waals surface area contributed by atoms with E-state index < -0.39 is 24.4 Å². The number of ether oxygens (including phenoxy) is 3. The summed E-state index contributed by atoms with van der Waals surface area (Å²) in [6.45, 7) is 2.11. The van der Waals surface area contributed by atoms with Crippen molar-refractivity contribution in [1.82, 2.24) is 10.2 Å². The predicted molar refractivity (Wildman–Crippen MR) is 156 cm³/mol. The molecule has 0 spiro atoms. The first kappa shape index (κ1) is 28.2. The van der Waals surface area contributed by atoms with E-state index in [9.17, 15) is 14.4 Å². The number of nitrogens with one attached hydrogen (secondary N) is 2. The van der Waals surface area contributed by atoms with Gasteiger partial charge in [0, 0.05) is 5.02 Å². The van der Waals surface area contributed by atoms with Crippen LogP contribution in [0.2, 0.25) is 5.02 Å². The highest BCUT2D eigenvalue weighted by Gasteiger charge is 2.35. The van der Waals surface area contributed by atoms with Gasteiger partial charge in [0.25, 0.3) is 5.91 Å². The molecular formula is C28H25ClIN3O6. The molecule has 1 aliphatic heterocycles. The Balaban J connectivity index is 1.49. The average molecular weight is 662 g/mol. The number of amides is 4. The number of methoxy groups -OCH3 is 1. The van der Waals surface area contributed by atoms with E-state index in [2.05, 4.69) is 33.2 Å². The minimum Gasteiger partial charge on any atom is -0.495 e. The lowest BCUT2D eigenvalue weighted by molar-refractivity contribution is -0.127. The maximum Gasteiger partial charge on any atom is 0.329 e. The molecule has 0 radical (unpaired) electrons. The van der Waals surface area contributed by atoms with Gasteiger partial charge in [0.05, 0.1) is 23.0 Å². The third-order valence-electron chi connectivity index (χ3n) is 5.58. The van der Waals surface area contributed by atoms with Crippen molar-refractivity contribution in [3.63, 3.8) is 0 Å². The minimum atomic E-state index is -0.691. The van der Waals surface area contributed by atoms with Crippen molar-refractivity contribution in [3.05, 3.63) is 86.1 Å². The first-order chi connectivity index (χ1) is 18.8. The molecular weight excluding hydrogens is 637 g/mol. The highest BCUT2D eigenvalue weighted by atomic mass is 127. The number of carbonyl (C=O) groups is 3. The van der Waals surface area contributed by atoms with Gasteiger partial charge in [-0.2, -0.15) is 0 Å². The molecule has 4 amide bonds. The number of benzene rings is 3. The van der Waals surface area contributed by atoms with Gasteiger partial charge in [-0.1, -0.05) is 35.9 Å². The fourth-order valence-electron chi connectivity index (χ4n) is 3.77. The second-order valence-corrected chi connectivity index (χ2v) is 9.90. The number of rotatable bonds is 10. The Morgan fingerprint density at radius 3 is 2.54 bits per heavy atom. The zero-order valence-electron chi connectivity index (χ0n) is 21.1. The molecule has 9 nitrogen and oxygen atoms in total. The summed E-state index contributed by atoms with van der Waals surface area (Å²) in [5.74, 6) is 0.357. The zero-order chi connectivity index (χ0) is 27.9. The van der Waals surface area contributed by atoms with Crippen LogP contribution in [0.5, 0.6) is 17.2 Å². The fraction of sp³-hybridized carbons (Fsp3) is 0.179. The average Bonchev–Trinajstić information content (AvgIpc) is 3.16. The molecule has 1 heterocycles. The van der Waals surface area contributed by atoms with Crippen molar-refractivity contribution in [2.45, 2.75) is 13.5 Å². The molecule has 0 bridgehead atoms. The van der Waals surface area contributed by atoms with Crippen molar-refractivity contribution >= 4 is 63.8 Å². The molecule has 3 aromatic rings. The summed E-state index contributed by atoms with van der Waals surface area (Å²) in [5, 5.41) is 5.84. The summed E-state index contributed by atoms with van der Waals surface area (Å²) < 4.78 is 17.8. The SMILES string of the molecule is CCOc1cc(/C=C2/NC(=O)N(CC(=O)Nc3ccccc3OC)C2=O)cc(I)c1OCc1ccc(Cl)cc1. The lowest BCUT2D eigenvalue weighted by Crippen LogP contribution is -2.38. The number of nitrogens with zero attached hydrogens (tertiary/aromatic N) is 1. The molecule has 1 saturated heterocycles. The Labute approximate surface area is 244 Å². The predicted octanol–water partition coefficient (Wildman–Crippen LogP) is 5.46. The third kappa shape index (κ3) is 7.01. The fourth-order valence-corrected chi connectivity index (χ4v) is 4.68. The number of para-hydroxylation sites is 2. The van der Waals surface area contributed by atoms with Crippen LogP contribution in [0.15, 0.2) is 66.4 Å². The van der Waals surface area contributed by atoms with Crippen LogP contribution in [0.25, 0.3) is 6.08 Å². The smallest absolute Gasteiger partial charge is 0.329 e. The van der Waals surface area contributed by atoms with Crippen LogP contribution in [0, 0.1) is 3.57 Å². The molecule has 0 aromatic heterocycles. The second-order valence-electron chi connectivity index (χ2n) is 8.31. The van der Waals surface area contributed by atoms with Crippen molar-refractivity contribution in [2.75, 3.05) is 25.6 Å². The van der Waals surface area contributed by atoms with Crippen LogP contribution >= 0.6 is 34.2 Å². The highest BCUT2D eigenvalue weighted by Crippen LogP contribution is 2.36. The molecule has 202 valence electrons. The van der Waals surface area contributed by atoms with Gasteiger partial charge in [-0.25, -0.2) is 9.69 Å². The Bertz CT molecular complexity index is 1430. The van der Waals surface area contributed by atoms with E-state index in [1.165, 1.54) is 13.2 Å². The van der Waals surface area contributed by atoms with E-state index in [4.69, 9.17) is 25.8 Å². The molecule has 11 heteroatoms. The zero-order valence-corrected chi connectivity index (χ0v) is 24.0. The second kappa shape index (κ2) is 12.9. The quantitative estimate of drug-likeness (QED) is 0.170. The Kier molecular flexibility index (Phi) is 9.31. The van der Waals surface area contributed by atoms with E-state index in [0.29, 0.717) is 46.7 Å². The molecule has 0 aliphatic carbocycles. The van der Waals surface area contributed by atoms with Crippen LogP contribution in [0.1, 0.15) is 18.1 Å². The van der Waals surface area contributed by atoms with Gasteiger partial charge in [-0.15, -0.1) is 0 Å². The molecule has 1 aliphatic rings. The Morgan fingerprint density at radius 1 is 1.08 bits per heavy atom. The van der Waals surface area contributed by atoms with E-state index >= 15 is 0 Å². The first-order valence-electron chi connectivity index (χ1n) is 11.9. The van der Waals surface area contributed by atoms with Gasteiger partial charge < -0.3 is 24.8 Å². The number of hydrogen-bond acceptors (Lipinski definition) is 6. The standard InChI is InChI=1S/C28H25ClIN3O6/c1-3-38-24-14-18(12-20(30)26(24)39-16-17-8-10-19(29)11-9-17)13-22-27(35)33(28(36)32-22)15-25(34)31-21-6-4-5-7-23(21)37-2/h4-14H,3,15-16H2,1-2H3,(H,31,34)(H,32,36)/b22-13+. The van der Waals surface area contributed by atoms with Crippen molar-refractivity contribution in [3.8, 4) is 17.2 Å². The van der Waals surface area contributed by atoms with E-state index in [1.54, 1.807) is 42.5 Å².